The van der Waals surface area contributed by atoms with Crippen LogP contribution in [0.4, 0.5) is 0 Å². The van der Waals surface area contributed by atoms with Gasteiger partial charge in [0.15, 0.2) is 0 Å². The molecule has 0 N–H and O–H groups in total. The fraction of sp³-hybridized carbons (Fsp3) is 0. The third kappa shape index (κ3) is 4.85. The van der Waals surface area contributed by atoms with Gasteiger partial charge in [-0.1, -0.05) is 151 Å². The molecule has 13 heteroatoms. The van der Waals surface area contributed by atoms with Crippen LogP contribution in [-0.2, 0) is 0 Å². The highest BCUT2D eigenvalue weighted by molar-refractivity contribution is 6.57. The Bertz CT molecular complexity index is 1110. The lowest BCUT2D eigenvalue weighted by Gasteiger charge is -2.26. The van der Waals surface area contributed by atoms with E-state index in [2.05, 4.69) is 0 Å². The van der Waals surface area contributed by atoms with Crippen LogP contribution < -0.4 is 0 Å². The Morgan fingerprint density at radius 2 is 0.594 bits per heavy atom. The highest BCUT2D eigenvalue weighted by Crippen LogP contribution is 2.56. The number of halogens is 13. The summed E-state index contributed by atoms with van der Waals surface area (Å²) in [5.41, 5.74) is 0.323. The van der Waals surface area contributed by atoms with Crippen LogP contribution in [-0.4, -0.2) is 0 Å². The molecule has 0 bridgehead atoms. The summed E-state index contributed by atoms with van der Waals surface area (Å²) in [7, 11) is 0. The van der Waals surface area contributed by atoms with E-state index in [0.717, 1.165) is 0 Å². The summed E-state index contributed by atoms with van der Waals surface area (Å²) in [6.07, 6.45) is 0. The van der Waals surface area contributed by atoms with Crippen molar-refractivity contribution in [2.75, 3.05) is 0 Å². The minimum atomic E-state index is -0.0881. The van der Waals surface area contributed by atoms with E-state index >= 15 is 0 Å². The van der Waals surface area contributed by atoms with Crippen molar-refractivity contribution in [1.82, 2.24) is 0 Å². The molecule has 32 heavy (non-hydrogen) atoms. The van der Waals surface area contributed by atoms with E-state index in [0.29, 0.717) is 0 Å². The first-order valence-corrected chi connectivity index (χ1v) is 12.8. The summed E-state index contributed by atoms with van der Waals surface area (Å²) in [4.78, 5) is 0. The maximum absolute atomic E-state index is 6.55. The molecule has 0 spiro atoms. The predicted octanol–water partition coefficient (Wildman–Crippen LogP) is 13.2. The molecule has 0 atom stereocenters. The summed E-state index contributed by atoms with van der Waals surface area (Å²) >= 11 is 82.8. The Balaban J connectivity index is 2.60. The molecule has 3 aromatic rings. The van der Waals surface area contributed by atoms with E-state index < -0.39 is 0 Å². The first kappa shape index (κ1) is 28.0. The monoisotopic (exact) mass is 685 g/mol. The Labute approximate surface area is 248 Å². The molecule has 0 heterocycles. The van der Waals surface area contributed by atoms with E-state index in [4.69, 9.17) is 151 Å². The molecular formula is C19H2Cl13. The first-order valence-electron chi connectivity index (χ1n) is 7.86. The molecular weight excluding hydrogens is 689 g/mol. The standard InChI is InChI=1S/C19H2Cl13/c20-3-1-4(21)6(5(22)2-3)7(8-10(23)14(27)18(31)15(28)11(8)24)9-12(25)16(29)19(32)17(30)13(9)26/h1-2H. The van der Waals surface area contributed by atoms with Crippen molar-refractivity contribution >= 4 is 151 Å². The van der Waals surface area contributed by atoms with E-state index in [1.165, 1.54) is 12.1 Å². The predicted molar refractivity (Wildman–Crippen MR) is 145 cm³/mol. The molecule has 169 valence electrons. The number of hydrogen-bond donors (Lipinski definition) is 0. The van der Waals surface area contributed by atoms with Crippen LogP contribution in [0.15, 0.2) is 12.1 Å². The van der Waals surface area contributed by atoms with Gasteiger partial charge in [0.05, 0.1) is 56.1 Å². The van der Waals surface area contributed by atoms with Gasteiger partial charge in [0.1, 0.15) is 0 Å². The lowest BCUT2D eigenvalue weighted by Crippen LogP contribution is -2.11. The third-order valence-electron chi connectivity index (χ3n) is 4.18. The molecule has 0 nitrogen and oxygen atoms in total. The van der Waals surface area contributed by atoms with Gasteiger partial charge in [0, 0.05) is 31.8 Å². The second-order valence-electron chi connectivity index (χ2n) is 6.01. The quantitative estimate of drug-likeness (QED) is 0.146. The zero-order valence-electron chi connectivity index (χ0n) is 14.6. The Hall–Kier alpha value is 1.43. The van der Waals surface area contributed by atoms with Gasteiger partial charge in [-0.25, -0.2) is 0 Å². The molecule has 1 radical (unpaired) electrons. The van der Waals surface area contributed by atoms with Gasteiger partial charge in [0.25, 0.3) is 0 Å². The van der Waals surface area contributed by atoms with Crippen molar-refractivity contribution in [3.8, 4) is 0 Å². The maximum Gasteiger partial charge on any atom is 0.0809 e. The second kappa shape index (κ2) is 10.8. The highest BCUT2D eigenvalue weighted by Gasteiger charge is 2.36. The Morgan fingerprint density at radius 3 is 0.875 bits per heavy atom. The van der Waals surface area contributed by atoms with Crippen LogP contribution in [0.25, 0.3) is 0 Å². The molecule has 0 saturated carbocycles. The van der Waals surface area contributed by atoms with Crippen molar-refractivity contribution < 1.29 is 0 Å². The summed E-state index contributed by atoms with van der Waals surface area (Å²) in [6.45, 7) is 0. The topological polar surface area (TPSA) is 0 Å². The highest BCUT2D eigenvalue weighted by atomic mass is 35.5. The maximum atomic E-state index is 6.55. The van der Waals surface area contributed by atoms with Gasteiger partial charge in [-0.15, -0.1) is 0 Å². The van der Waals surface area contributed by atoms with Crippen molar-refractivity contribution in [3.05, 3.63) is 100 Å². The summed E-state index contributed by atoms with van der Waals surface area (Å²) in [6, 6.07) is 2.87. The third-order valence-corrected chi connectivity index (χ3v) is 9.54. The molecule has 0 fully saturated rings. The minimum absolute atomic E-state index is 0.0656. The molecule has 3 rings (SSSR count). The first-order chi connectivity index (χ1) is 14.8. The van der Waals surface area contributed by atoms with E-state index in [1.54, 1.807) is 0 Å². The van der Waals surface area contributed by atoms with E-state index in [-0.39, 0.29) is 87.9 Å². The van der Waals surface area contributed by atoms with Gasteiger partial charge in [-0.05, 0) is 12.1 Å². The van der Waals surface area contributed by atoms with Crippen molar-refractivity contribution in [3.63, 3.8) is 0 Å². The Morgan fingerprint density at radius 1 is 0.344 bits per heavy atom. The van der Waals surface area contributed by atoms with Crippen molar-refractivity contribution in [2.24, 2.45) is 0 Å². The lowest BCUT2D eigenvalue weighted by molar-refractivity contribution is 1.23. The van der Waals surface area contributed by atoms with Crippen LogP contribution in [0.3, 0.4) is 0 Å². The van der Waals surface area contributed by atoms with Crippen LogP contribution in [0, 0.1) is 5.92 Å². The fourth-order valence-corrected chi connectivity index (χ4v) is 6.47. The van der Waals surface area contributed by atoms with E-state index in [1.807, 2.05) is 0 Å². The zero-order chi connectivity index (χ0) is 24.2. The number of hydrogen-bond acceptors (Lipinski definition) is 0. The molecule has 0 saturated heterocycles. The number of benzene rings is 3. The average molecular weight is 691 g/mol. The van der Waals surface area contributed by atoms with Gasteiger partial charge >= 0.3 is 0 Å². The molecule has 0 aliphatic rings. The van der Waals surface area contributed by atoms with Gasteiger partial charge in [-0.2, -0.15) is 0 Å². The van der Waals surface area contributed by atoms with Gasteiger partial charge in [0.2, 0.25) is 0 Å². The minimum Gasteiger partial charge on any atom is -0.0842 e. The van der Waals surface area contributed by atoms with Crippen LogP contribution in [0.1, 0.15) is 16.7 Å². The second-order valence-corrected chi connectivity index (χ2v) is 11.0. The van der Waals surface area contributed by atoms with Crippen molar-refractivity contribution in [2.45, 2.75) is 0 Å². The van der Waals surface area contributed by atoms with E-state index in [9.17, 15) is 0 Å². The largest absolute Gasteiger partial charge is 0.0842 e. The normalized spacial score (nSPS) is 11.6. The van der Waals surface area contributed by atoms with Gasteiger partial charge in [-0.3, -0.25) is 0 Å². The summed E-state index contributed by atoms with van der Waals surface area (Å²) in [5, 5.41) is -0.369. The molecule has 0 aromatic heterocycles. The van der Waals surface area contributed by atoms with Crippen LogP contribution >= 0.6 is 151 Å². The molecule has 0 unspecified atom stereocenters. The molecule has 0 aliphatic carbocycles. The smallest absolute Gasteiger partial charge is 0.0809 e. The summed E-state index contributed by atoms with van der Waals surface area (Å²) in [5.74, 6) is 0.114. The molecule has 3 aromatic carbocycles. The molecule has 0 amide bonds. The fourth-order valence-electron chi connectivity index (χ4n) is 2.80. The lowest BCUT2D eigenvalue weighted by atomic mass is 9.84. The molecule has 0 aliphatic heterocycles. The SMILES string of the molecule is Clc1cc(Cl)c([C](c2c(Cl)c(Cl)c(Cl)c(Cl)c2Cl)c2c(Cl)c(Cl)c(Cl)c(Cl)c2Cl)c(Cl)c1. The average Bonchev–Trinajstić information content (AvgIpc) is 2.72. The zero-order valence-corrected chi connectivity index (χ0v) is 24.4. The van der Waals surface area contributed by atoms with Crippen LogP contribution in [0.2, 0.25) is 65.3 Å². The van der Waals surface area contributed by atoms with Gasteiger partial charge < -0.3 is 0 Å². The van der Waals surface area contributed by atoms with Crippen LogP contribution in [0.5, 0.6) is 0 Å². The van der Waals surface area contributed by atoms with Crippen molar-refractivity contribution in [1.29, 1.82) is 0 Å². The summed E-state index contributed by atoms with van der Waals surface area (Å²) < 4.78 is 0. The number of rotatable bonds is 3. The Kier molecular flexibility index (Phi) is 9.46.